The van der Waals surface area contributed by atoms with Gasteiger partial charge in [-0.1, -0.05) is 12.1 Å². The van der Waals surface area contributed by atoms with Gasteiger partial charge in [0.05, 0.1) is 5.56 Å². The van der Waals surface area contributed by atoms with Crippen molar-refractivity contribution >= 4 is 11.7 Å². The van der Waals surface area contributed by atoms with Crippen LogP contribution in [0.4, 0.5) is 5.82 Å². The predicted octanol–water partition coefficient (Wildman–Crippen LogP) is 1.26. The second-order valence-electron chi connectivity index (χ2n) is 3.64. The quantitative estimate of drug-likeness (QED) is 0.845. The molecule has 0 aliphatic carbocycles. The third-order valence-corrected chi connectivity index (χ3v) is 2.20. The molecule has 0 spiro atoms. The van der Waals surface area contributed by atoms with Gasteiger partial charge in [-0.15, -0.1) is 0 Å². The lowest BCUT2D eigenvalue weighted by molar-refractivity contribution is 0.0998. The van der Waals surface area contributed by atoms with Crippen LogP contribution in [0, 0.1) is 6.92 Å². The molecule has 0 aliphatic rings. The fraction of sp³-hybridized carbons (Fsp3) is 0.0833. The highest BCUT2D eigenvalue weighted by molar-refractivity contribution is 5.95. The fourth-order valence-electron chi connectivity index (χ4n) is 1.49. The maximum Gasteiger partial charge on any atom is 0.252 e. The number of rotatable bonds is 3. The summed E-state index contributed by atoms with van der Waals surface area (Å²) >= 11 is 0. The first-order valence-corrected chi connectivity index (χ1v) is 5.24. The maximum absolute atomic E-state index is 11.2. The summed E-state index contributed by atoms with van der Waals surface area (Å²) < 4.78 is 5.50. The van der Waals surface area contributed by atoms with E-state index in [0.29, 0.717) is 17.4 Å². The molecule has 0 fully saturated rings. The molecule has 2 aromatic rings. The lowest BCUT2D eigenvalue weighted by Gasteiger charge is -2.08. The number of benzene rings is 1. The van der Waals surface area contributed by atoms with Crippen LogP contribution in [0.25, 0.3) is 0 Å². The van der Waals surface area contributed by atoms with Gasteiger partial charge in [0, 0.05) is 6.07 Å². The number of carbonyl (C=O) groups is 1. The number of aromatic nitrogens is 2. The Kier molecular flexibility index (Phi) is 3.09. The topological polar surface area (TPSA) is 104 Å². The van der Waals surface area contributed by atoms with Gasteiger partial charge < -0.3 is 16.2 Å². The standard InChI is InChI=1S/C12H12N4O2/c1-7-15-10(13)6-11(16-7)18-9-5-3-2-4-8(9)12(14)17/h2-6H,1H3,(H2,14,17)(H2,13,15,16). The zero-order chi connectivity index (χ0) is 13.1. The summed E-state index contributed by atoms with van der Waals surface area (Å²) in [6.45, 7) is 1.70. The minimum Gasteiger partial charge on any atom is -0.438 e. The first-order valence-electron chi connectivity index (χ1n) is 5.24. The number of ether oxygens (including phenoxy) is 1. The number of hydrogen-bond acceptors (Lipinski definition) is 5. The number of amides is 1. The third-order valence-electron chi connectivity index (χ3n) is 2.20. The summed E-state index contributed by atoms with van der Waals surface area (Å²) in [5, 5.41) is 0. The minimum absolute atomic E-state index is 0.272. The number of anilines is 1. The van der Waals surface area contributed by atoms with E-state index in [0.717, 1.165) is 0 Å². The highest BCUT2D eigenvalue weighted by atomic mass is 16.5. The number of hydrogen-bond donors (Lipinski definition) is 2. The summed E-state index contributed by atoms with van der Waals surface area (Å²) in [4.78, 5) is 19.2. The van der Waals surface area contributed by atoms with Crippen LogP contribution in [-0.4, -0.2) is 15.9 Å². The molecule has 0 unspecified atom stereocenters. The van der Waals surface area contributed by atoms with Crippen LogP contribution in [0.15, 0.2) is 30.3 Å². The molecule has 1 aromatic carbocycles. The number of carbonyl (C=O) groups excluding carboxylic acids is 1. The second-order valence-corrected chi connectivity index (χ2v) is 3.64. The predicted molar refractivity (Wildman–Crippen MR) is 66.2 cm³/mol. The van der Waals surface area contributed by atoms with Gasteiger partial charge in [-0.3, -0.25) is 4.79 Å². The highest BCUT2D eigenvalue weighted by Gasteiger charge is 2.10. The number of nitrogens with two attached hydrogens (primary N) is 2. The van der Waals surface area contributed by atoms with Crippen molar-refractivity contribution in [3.63, 3.8) is 0 Å². The first kappa shape index (κ1) is 11.8. The van der Waals surface area contributed by atoms with Gasteiger partial charge in [0.25, 0.3) is 5.91 Å². The molecule has 4 N–H and O–H groups in total. The molecule has 6 heteroatoms. The summed E-state index contributed by atoms with van der Waals surface area (Å²) in [6.07, 6.45) is 0. The molecule has 1 heterocycles. The number of aryl methyl sites for hydroxylation is 1. The smallest absolute Gasteiger partial charge is 0.252 e. The molecular formula is C12H12N4O2. The van der Waals surface area contributed by atoms with E-state index in [9.17, 15) is 4.79 Å². The molecule has 1 aromatic heterocycles. The van der Waals surface area contributed by atoms with Gasteiger partial charge in [0.15, 0.2) is 0 Å². The average molecular weight is 244 g/mol. The molecule has 0 bridgehead atoms. The van der Waals surface area contributed by atoms with E-state index in [1.54, 1.807) is 31.2 Å². The SMILES string of the molecule is Cc1nc(N)cc(Oc2ccccc2C(N)=O)n1. The van der Waals surface area contributed by atoms with Gasteiger partial charge in [0.2, 0.25) is 5.88 Å². The Morgan fingerprint density at radius 3 is 2.67 bits per heavy atom. The fourth-order valence-corrected chi connectivity index (χ4v) is 1.49. The van der Waals surface area contributed by atoms with Gasteiger partial charge in [0.1, 0.15) is 17.4 Å². The average Bonchev–Trinajstić information content (AvgIpc) is 2.27. The Morgan fingerprint density at radius 2 is 2.00 bits per heavy atom. The van der Waals surface area contributed by atoms with Crippen LogP contribution in [0.2, 0.25) is 0 Å². The zero-order valence-electron chi connectivity index (χ0n) is 9.75. The normalized spacial score (nSPS) is 10.1. The molecule has 2 rings (SSSR count). The molecule has 6 nitrogen and oxygen atoms in total. The monoisotopic (exact) mass is 244 g/mol. The van der Waals surface area contributed by atoms with Gasteiger partial charge in [-0.05, 0) is 19.1 Å². The Hall–Kier alpha value is -2.63. The Labute approximate surface area is 104 Å². The van der Waals surface area contributed by atoms with Crippen molar-refractivity contribution in [2.75, 3.05) is 5.73 Å². The van der Waals surface area contributed by atoms with Crippen LogP contribution in [0.3, 0.4) is 0 Å². The van der Waals surface area contributed by atoms with Crippen molar-refractivity contribution in [2.45, 2.75) is 6.92 Å². The first-order chi connectivity index (χ1) is 8.56. The number of primary amides is 1. The summed E-state index contributed by atoms with van der Waals surface area (Å²) in [7, 11) is 0. The molecule has 0 atom stereocenters. The Morgan fingerprint density at radius 1 is 1.28 bits per heavy atom. The molecule has 0 saturated carbocycles. The summed E-state index contributed by atoms with van der Waals surface area (Å²) in [5.41, 5.74) is 11.1. The minimum atomic E-state index is -0.565. The van der Waals surface area contributed by atoms with Crippen LogP contribution in [0.5, 0.6) is 11.6 Å². The van der Waals surface area contributed by atoms with Crippen molar-refractivity contribution in [1.29, 1.82) is 0 Å². The highest BCUT2D eigenvalue weighted by Crippen LogP contribution is 2.24. The van der Waals surface area contributed by atoms with Gasteiger partial charge >= 0.3 is 0 Å². The van der Waals surface area contributed by atoms with E-state index < -0.39 is 5.91 Å². The number of para-hydroxylation sites is 1. The molecule has 0 radical (unpaired) electrons. The van der Waals surface area contributed by atoms with Crippen LogP contribution < -0.4 is 16.2 Å². The molecule has 92 valence electrons. The third kappa shape index (κ3) is 2.54. The number of nitrogen functional groups attached to an aromatic ring is 1. The molecule has 0 aliphatic heterocycles. The van der Waals surface area contributed by atoms with Crippen LogP contribution in [0.1, 0.15) is 16.2 Å². The molecule has 18 heavy (non-hydrogen) atoms. The number of nitrogens with zero attached hydrogens (tertiary/aromatic N) is 2. The van der Waals surface area contributed by atoms with E-state index in [4.69, 9.17) is 16.2 Å². The second kappa shape index (κ2) is 4.70. The Bertz CT molecular complexity index is 578. The van der Waals surface area contributed by atoms with E-state index in [1.165, 1.54) is 6.07 Å². The van der Waals surface area contributed by atoms with Crippen molar-refractivity contribution in [3.05, 3.63) is 41.7 Å². The van der Waals surface area contributed by atoms with Crippen LogP contribution in [-0.2, 0) is 0 Å². The largest absolute Gasteiger partial charge is 0.438 e. The van der Waals surface area contributed by atoms with E-state index in [-0.39, 0.29) is 11.4 Å². The van der Waals surface area contributed by atoms with Crippen molar-refractivity contribution < 1.29 is 9.53 Å². The molecule has 1 amide bonds. The summed E-state index contributed by atoms with van der Waals surface area (Å²) in [6, 6.07) is 8.12. The van der Waals surface area contributed by atoms with E-state index in [1.807, 2.05) is 0 Å². The van der Waals surface area contributed by atoms with Crippen molar-refractivity contribution in [2.24, 2.45) is 5.73 Å². The van der Waals surface area contributed by atoms with Crippen molar-refractivity contribution in [1.82, 2.24) is 9.97 Å². The van der Waals surface area contributed by atoms with Gasteiger partial charge in [-0.2, -0.15) is 4.98 Å². The van der Waals surface area contributed by atoms with Crippen molar-refractivity contribution in [3.8, 4) is 11.6 Å². The molecule has 0 saturated heterocycles. The van der Waals surface area contributed by atoms with E-state index >= 15 is 0 Å². The summed E-state index contributed by atoms with van der Waals surface area (Å²) in [5.74, 6) is 0.830. The maximum atomic E-state index is 11.2. The lowest BCUT2D eigenvalue weighted by atomic mass is 10.2. The van der Waals surface area contributed by atoms with E-state index in [2.05, 4.69) is 9.97 Å². The van der Waals surface area contributed by atoms with Crippen LogP contribution >= 0.6 is 0 Å². The zero-order valence-corrected chi connectivity index (χ0v) is 9.75. The Balaban J connectivity index is 2.37. The molecular weight excluding hydrogens is 232 g/mol. The van der Waals surface area contributed by atoms with Gasteiger partial charge in [-0.25, -0.2) is 4.98 Å². The lowest BCUT2D eigenvalue weighted by Crippen LogP contribution is -2.12.